The number of β-amino-alcohol motifs (C(OH)–C–C–N with tert-alkyl or cyclic N) is 1. The van der Waals surface area contributed by atoms with Crippen molar-refractivity contribution in [2.45, 2.75) is 71.9 Å². The van der Waals surface area contributed by atoms with Gasteiger partial charge in [-0.25, -0.2) is 0 Å². The number of hydrogen-bond acceptors (Lipinski definition) is 5. The van der Waals surface area contributed by atoms with Crippen molar-refractivity contribution in [2.75, 3.05) is 46.5 Å². The molecule has 0 radical (unpaired) electrons. The Balaban J connectivity index is 1.72. The molecule has 1 saturated heterocycles. The average Bonchev–Trinajstić information content (AvgIpc) is 2.94. The number of carbonyl (C=O) groups excluding carboxylic acids is 1. The van der Waals surface area contributed by atoms with Crippen molar-refractivity contribution >= 4 is 5.91 Å². The molecule has 1 atom stereocenters. The Hall–Kier alpha value is -1.63. The molecule has 1 amide bonds. The molecule has 1 aromatic rings. The summed E-state index contributed by atoms with van der Waals surface area (Å²) in [5.74, 6) is 1.41. The highest BCUT2D eigenvalue weighted by molar-refractivity contribution is 5.77. The predicted molar refractivity (Wildman–Crippen MR) is 132 cm³/mol. The number of aryl methyl sites for hydroxylation is 2. The molecule has 1 aliphatic carbocycles. The highest BCUT2D eigenvalue weighted by Crippen LogP contribution is 2.39. The van der Waals surface area contributed by atoms with Crippen LogP contribution in [0.25, 0.3) is 0 Å². The van der Waals surface area contributed by atoms with Gasteiger partial charge in [0.2, 0.25) is 5.91 Å². The van der Waals surface area contributed by atoms with Crippen LogP contribution in [0.15, 0.2) is 18.2 Å². The van der Waals surface area contributed by atoms with E-state index in [1.54, 1.807) is 4.90 Å². The van der Waals surface area contributed by atoms with E-state index in [0.29, 0.717) is 24.5 Å². The molecule has 1 N–H and O–H groups in total. The third kappa shape index (κ3) is 6.93. The summed E-state index contributed by atoms with van der Waals surface area (Å²) in [5, 5.41) is 11.7. The van der Waals surface area contributed by atoms with Crippen molar-refractivity contribution in [3.8, 4) is 5.75 Å². The summed E-state index contributed by atoms with van der Waals surface area (Å²) >= 11 is 0. The minimum Gasteiger partial charge on any atom is -0.490 e. The number of carbonyl (C=O) groups is 1. The Kier molecular flexibility index (Phi) is 8.46. The average molecular weight is 461 g/mol. The zero-order chi connectivity index (χ0) is 24.2. The monoisotopic (exact) mass is 460 g/mol. The fraction of sp³-hybridized carbons (Fsp3) is 0.741. The van der Waals surface area contributed by atoms with Crippen molar-refractivity contribution in [1.82, 2.24) is 9.80 Å². The second-order valence-electron chi connectivity index (χ2n) is 11.3. The highest BCUT2D eigenvalue weighted by atomic mass is 16.5. The summed E-state index contributed by atoms with van der Waals surface area (Å²) in [6.07, 6.45) is 4.72. The SMILES string of the molecule is COCC(=O)N1CCN(C2CCC(C(C)(C)C)CC2)C[C@](O)(COc2ccc(C)c(C)c2)C1. The number of benzene rings is 1. The van der Waals surface area contributed by atoms with Gasteiger partial charge in [0.25, 0.3) is 0 Å². The number of methoxy groups -OCH3 is 1. The molecule has 1 aromatic carbocycles. The first-order valence-corrected chi connectivity index (χ1v) is 12.4. The van der Waals surface area contributed by atoms with E-state index in [1.165, 1.54) is 25.5 Å². The maximum Gasteiger partial charge on any atom is 0.248 e. The molecule has 1 saturated carbocycles. The number of aliphatic hydroxyl groups is 1. The first-order chi connectivity index (χ1) is 15.5. The lowest BCUT2D eigenvalue weighted by Crippen LogP contribution is -2.54. The summed E-state index contributed by atoms with van der Waals surface area (Å²) in [7, 11) is 1.53. The molecule has 33 heavy (non-hydrogen) atoms. The van der Waals surface area contributed by atoms with E-state index in [-0.39, 0.29) is 25.7 Å². The molecule has 0 spiro atoms. The van der Waals surface area contributed by atoms with Gasteiger partial charge >= 0.3 is 0 Å². The molecule has 0 unspecified atom stereocenters. The van der Waals surface area contributed by atoms with Gasteiger partial charge in [-0.05, 0) is 74.1 Å². The Morgan fingerprint density at radius 3 is 2.39 bits per heavy atom. The number of rotatable bonds is 6. The van der Waals surface area contributed by atoms with Crippen molar-refractivity contribution in [1.29, 1.82) is 0 Å². The maximum atomic E-state index is 12.7. The summed E-state index contributed by atoms with van der Waals surface area (Å²) in [4.78, 5) is 16.8. The van der Waals surface area contributed by atoms with Crippen LogP contribution in [0.1, 0.15) is 57.6 Å². The zero-order valence-electron chi connectivity index (χ0n) is 21.5. The standard InChI is InChI=1S/C27H44N2O4/c1-20-7-12-24(15-21(20)2)33-19-27(31)17-28(13-14-29(18-27)25(30)16-32-6)23-10-8-22(9-11-23)26(3,4)5/h7,12,15,22-23,31H,8-11,13-14,16-19H2,1-6H3/t22?,23?,27-/m1/s1. The maximum absolute atomic E-state index is 12.7. The number of amides is 1. The highest BCUT2D eigenvalue weighted by Gasteiger charge is 2.41. The van der Waals surface area contributed by atoms with Crippen LogP contribution in [0.3, 0.4) is 0 Å². The van der Waals surface area contributed by atoms with Gasteiger partial charge in [-0.15, -0.1) is 0 Å². The van der Waals surface area contributed by atoms with E-state index < -0.39 is 5.60 Å². The quantitative estimate of drug-likeness (QED) is 0.700. The third-order valence-electron chi connectivity index (χ3n) is 7.68. The Bertz CT molecular complexity index is 798. The van der Waals surface area contributed by atoms with Gasteiger partial charge in [0, 0.05) is 32.8 Å². The normalized spacial score (nSPS) is 27.3. The van der Waals surface area contributed by atoms with E-state index in [1.807, 2.05) is 18.2 Å². The van der Waals surface area contributed by atoms with E-state index >= 15 is 0 Å². The summed E-state index contributed by atoms with van der Waals surface area (Å²) in [6.45, 7) is 13.5. The second kappa shape index (κ2) is 10.7. The summed E-state index contributed by atoms with van der Waals surface area (Å²) < 4.78 is 11.2. The van der Waals surface area contributed by atoms with Crippen molar-refractivity contribution in [2.24, 2.45) is 11.3 Å². The van der Waals surface area contributed by atoms with Gasteiger partial charge in [-0.3, -0.25) is 9.69 Å². The smallest absolute Gasteiger partial charge is 0.248 e. The van der Waals surface area contributed by atoms with Crippen molar-refractivity contribution in [3.05, 3.63) is 29.3 Å². The predicted octanol–water partition coefficient (Wildman–Crippen LogP) is 3.81. The largest absolute Gasteiger partial charge is 0.490 e. The molecule has 6 nitrogen and oxygen atoms in total. The van der Waals surface area contributed by atoms with E-state index in [4.69, 9.17) is 9.47 Å². The van der Waals surface area contributed by atoms with Crippen LogP contribution in [0.4, 0.5) is 0 Å². The van der Waals surface area contributed by atoms with Gasteiger partial charge in [-0.1, -0.05) is 26.8 Å². The van der Waals surface area contributed by atoms with Crippen LogP contribution in [0, 0.1) is 25.2 Å². The molecule has 3 rings (SSSR count). The molecule has 6 heteroatoms. The first kappa shape index (κ1) is 26.0. The minimum atomic E-state index is -1.14. The Labute approximate surface area is 200 Å². The minimum absolute atomic E-state index is 0.0325. The lowest BCUT2D eigenvalue weighted by Gasteiger charge is -2.42. The molecular formula is C27H44N2O4. The molecule has 0 bridgehead atoms. The molecule has 0 aromatic heterocycles. The van der Waals surface area contributed by atoms with Gasteiger partial charge in [0.1, 0.15) is 24.6 Å². The number of ether oxygens (including phenoxy) is 2. The number of hydrogen-bond donors (Lipinski definition) is 1. The summed E-state index contributed by atoms with van der Waals surface area (Å²) in [5.41, 5.74) is 1.58. The van der Waals surface area contributed by atoms with Crippen LogP contribution in [-0.2, 0) is 9.53 Å². The van der Waals surface area contributed by atoms with Gasteiger partial charge in [-0.2, -0.15) is 0 Å². The lowest BCUT2D eigenvalue weighted by atomic mass is 9.71. The first-order valence-electron chi connectivity index (χ1n) is 12.4. The van der Waals surface area contributed by atoms with Gasteiger partial charge < -0.3 is 19.5 Å². The summed E-state index contributed by atoms with van der Waals surface area (Å²) in [6, 6.07) is 6.43. The second-order valence-corrected chi connectivity index (χ2v) is 11.3. The van der Waals surface area contributed by atoms with Crippen molar-refractivity contribution in [3.63, 3.8) is 0 Å². The zero-order valence-corrected chi connectivity index (χ0v) is 21.5. The Morgan fingerprint density at radius 2 is 1.79 bits per heavy atom. The molecule has 2 aliphatic rings. The third-order valence-corrected chi connectivity index (χ3v) is 7.68. The molecule has 1 heterocycles. The molecule has 2 fully saturated rings. The lowest BCUT2D eigenvalue weighted by molar-refractivity contribution is -0.138. The van der Waals surface area contributed by atoms with E-state index in [9.17, 15) is 9.90 Å². The molecule has 186 valence electrons. The van der Waals surface area contributed by atoms with E-state index in [2.05, 4.69) is 39.5 Å². The van der Waals surface area contributed by atoms with Gasteiger partial charge in [0.15, 0.2) is 0 Å². The Morgan fingerprint density at radius 1 is 1.09 bits per heavy atom. The van der Waals surface area contributed by atoms with Crippen molar-refractivity contribution < 1.29 is 19.4 Å². The molecule has 1 aliphatic heterocycles. The van der Waals surface area contributed by atoms with E-state index in [0.717, 1.165) is 36.6 Å². The van der Waals surface area contributed by atoms with Crippen LogP contribution in [-0.4, -0.2) is 79.0 Å². The van der Waals surface area contributed by atoms with Crippen LogP contribution >= 0.6 is 0 Å². The van der Waals surface area contributed by atoms with Crippen LogP contribution in [0.2, 0.25) is 0 Å². The fourth-order valence-corrected chi connectivity index (χ4v) is 5.35. The van der Waals surface area contributed by atoms with Gasteiger partial charge in [0.05, 0.1) is 6.54 Å². The fourth-order valence-electron chi connectivity index (χ4n) is 5.35. The molecular weight excluding hydrogens is 416 g/mol. The van der Waals surface area contributed by atoms with Crippen LogP contribution in [0.5, 0.6) is 5.75 Å². The topological polar surface area (TPSA) is 62.2 Å². The number of nitrogens with zero attached hydrogens (tertiary/aromatic N) is 2. The van der Waals surface area contributed by atoms with Crippen LogP contribution < -0.4 is 4.74 Å².